The second-order valence-corrected chi connectivity index (χ2v) is 6.33. The van der Waals surface area contributed by atoms with Gasteiger partial charge in [0.2, 0.25) is 0 Å². The quantitative estimate of drug-likeness (QED) is 0.819. The zero-order valence-corrected chi connectivity index (χ0v) is 12.5. The van der Waals surface area contributed by atoms with Crippen LogP contribution in [0.25, 0.3) is 0 Å². The van der Waals surface area contributed by atoms with Gasteiger partial charge >= 0.3 is 0 Å². The van der Waals surface area contributed by atoms with E-state index in [-0.39, 0.29) is 17.0 Å². The Labute approximate surface area is 120 Å². The van der Waals surface area contributed by atoms with Gasteiger partial charge in [-0.05, 0) is 42.5 Å². The zero-order chi connectivity index (χ0) is 14.9. The van der Waals surface area contributed by atoms with Crippen molar-refractivity contribution in [2.45, 2.75) is 40.5 Å². The molecule has 0 atom stereocenters. The number of aryl methyl sites for hydroxylation is 2. The van der Waals surface area contributed by atoms with Crippen LogP contribution in [0, 0.1) is 19.3 Å². The van der Waals surface area contributed by atoms with Crippen molar-refractivity contribution in [3.63, 3.8) is 0 Å². The van der Waals surface area contributed by atoms with Gasteiger partial charge in [-0.25, -0.2) is 0 Å². The molecular formula is C17H21NO2. The molecule has 2 rings (SSSR count). The molecule has 0 heterocycles. The Morgan fingerprint density at radius 1 is 1.20 bits per heavy atom. The third-order valence-corrected chi connectivity index (χ3v) is 3.73. The molecule has 0 amide bonds. The minimum atomic E-state index is -0.168. The summed E-state index contributed by atoms with van der Waals surface area (Å²) in [6, 6.07) is 5.89. The van der Waals surface area contributed by atoms with E-state index >= 15 is 0 Å². The summed E-state index contributed by atoms with van der Waals surface area (Å²) in [6.07, 6.45) is 2.47. The molecule has 0 aromatic heterocycles. The molecule has 3 heteroatoms. The summed E-state index contributed by atoms with van der Waals surface area (Å²) in [5.41, 5.74) is 3.35. The second kappa shape index (κ2) is 5.23. The minimum absolute atomic E-state index is 0.0358. The number of hydrogen-bond donors (Lipinski definition) is 1. The molecular weight excluding hydrogens is 250 g/mol. The third-order valence-electron chi connectivity index (χ3n) is 3.73. The maximum atomic E-state index is 12.1. The molecule has 0 saturated heterocycles. The maximum absolute atomic E-state index is 12.1. The monoisotopic (exact) mass is 271 g/mol. The van der Waals surface area contributed by atoms with E-state index in [1.165, 1.54) is 11.8 Å². The summed E-state index contributed by atoms with van der Waals surface area (Å²) in [4.78, 5) is 16.4. The van der Waals surface area contributed by atoms with Crippen molar-refractivity contribution >= 4 is 17.7 Å². The Balaban J connectivity index is 2.26. The SMILES string of the molecule is Cc1ccc(N=CC2=C(O)CC(C)(C)CC2=O)cc1C. The number of allylic oxidation sites excluding steroid dienone is 2. The molecule has 1 N–H and O–H groups in total. The predicted molar refractivity (Wildman–Crippen MR) is 81.7 cm³/mol. The number of aliphatic hydroxyl groups is 1. The molecule has 3 nitrogen and oxygen atoms in total. The summed E-state index contributed by atoms with van der Waals surface area (Å²) in [5.74, 6) is 0.116. The molecule has 0 radical (unpaired) electrons. The number of ketones is 1. The van der Waals surface area contributed by atoms with Crippen molar-refractivity contribution in [3.8, 4) is 0 Å². The van der Waals surface area contributed by atoms with Gasteiger partial charge in [-0.1, -0.05) is 19.9 Å². The van der Waals surface area contributed by atoms with E-state index in [1.54, 1.807) is 0 Å². The van der Waals surface area contributed by atoms with E-state index in [1.807, 2.05) is 45.9 Å². The summed E-state index contributed by atoms with van der Waals surface area (Å²) >= 11 is 0. The Morgan fingerprint density at radius 2 is 1.90 bits per heavy atom. The number of hydrogen-bond acceptors (Lipinski definition) is 3. The summed E-state index contributed by atoms with van der Waals surface area (Å²) in [7, 11) is 0. The Morgan fingerprint density at radius 3 is 2.50 bits per heavy atom. The van der Waals surface area contributed by atoms with Gasteiger partial charge in [-0.15, -0.1) is 0 Å². The van der Waals surface area contributed by atoms with Crippen LogP contribution >= 0.6 is 0 Å². The van der Waals surface area contributed by atoms with Crippen LogP contribution in [0.5, 0.6) is 0 Å². The summed E-state index contributed by atoms with van der Waals surface area (Å²) in [6.45, 7) is 8.04. The first-order valence-electron chi connectivity index (χ1n) is 6.85. The predicted octanol–water partition coefficient (Wildman–Crippen LogP) is 4.21. The molecule has 0 unspecified atom stereocenters. The Kier molecular flexibility index (Phi) is 3.80. The molecule has 1 aromatic rings. The lowest BCUT2D eigenvalue weighted by Crippen LogP contribution is -2.26. The molecule has 0 aliphatic heterocycles. The highest BCUT2D eigenvalue weighted by Crippen LogP contribution is 2.35. The number of aliphatic imine (C=N–C) groups is 1. The van der Waals surface area contributed by atoms with Crippen LogP contribution in [0.2, 0.25) is 0 Å². The molecule has 20 heavy (non-hydrogen) atoms. The molecule has 0 bridgehead atoms. The van der Waals surface area contributed by atoms with Crippen molar-refractivity contribution in [1.29, 1.82) is 0 Å². The van der Waals surface area contributed by atoms with Gasteiger partial charge < -0.3 is 5.11 Å². The van der Waals surface area contributed by atoms with Gasteiger partial charge in [0.05, 0.1) is 11.3 Å². The number of rotatable bonds is 2. The Bertz CT molecular complexity index is 609. The zero-order valence-electron chi connectivity index (χ0n) is 12.5. The van der Waals surface area contributed by atoms with E-state index in [9.17, 15) is 9.90 Å². The van der Waals surface area contributed by atoms with Crippen LogP contribution < -0.4 is 0 Å². The molecule has 0 spiro atoms. The number of Topliss-reactive ketones (excluding diaryl/α,β-unsaturated/α-hetero) is 1. The molecule has 1 aromatic carbocycles. The molecule has 0 fully saturated rings. The lowest BCUT2D eigenvalue weighted by atomic mass is 9.77. The minimum Gasteiger partial charge on any atom is -0.511 e. The van der Waals surface area contributed by atoms with Crippen LogP contribution in [-0.4, -0.2) is 17.1 Å². The van der Waals surface area contributed by atoms with E-state index in [0.717, 1.165) is 11.3 Å². The fourth-order valence-electron chi connectivity index (χ4n) is 2.39. The highest BCUT2D eigenvalue weighted by molar-refractivity contribution is 6.14. The average molecular weight is 271 g/mol. The maximum Gasteiger partial charge on any atom is 0.168 e. The van der Waals surface area contributed by atoms with Crippen molar-refractivity contribution < 1.29 is 9.90 Å². The van der Waals surface area contributed by atoms with Gasteiger partial charge in [-0.2, -0.15) is 0 Å². The van der Waals surface area contributed by atoms with Crippen molar-refractivity contribution in [3.05, 3.63) is 40.7 Å². The van der Waals surface area contributed by atoms with Gasteiger partial charge in [0.1, 0.15) is 5.76 Å². The van der Waals surface area contributed by atoms with Gasteiger partial charge in [0, 0.05) is 19.1 Å². The smallest absolute Gasteiger partial charge is 0.168 e. The molecule has 1 aliphatic rings. The average Bonchev–Trinajstić information content (AvgIpc) is 2.31. The van der Waals surface area contributed by atoms with Crippen LogP contribution in [0.4, 0.5) is 5.69 Å². The van der Waals surface area contributed by atoms with E-state index < -0.39 is 0 Å². The first-order valence-corrected chi connectivity index (χ1v) is 6.85. The van der Waals surface area contributed by atoms with Crippen LogP contribution in [-0.2, 0) is 4.79 Å². The standard InChI is InChI=1S/C17H21NO2/c1-11-5-6-13(7-12(11)2)18-10-14-15(19)8-17(3,4)9-16(14)20/h5-7,10,19H,8-9H2,1-4H3. The van der Waals surface area contributed by atoms with Gasteiger partial charge in [0.15, 0.2) is 5.78 Å². The summed E-state index contributed by atoms with van der Waals surface area (Å²) in [5, 5.41) is 10.0. The summed E-state index contributed by atoms with van der Waals surface area (Å²) < 4.78 is 0. The molecule has 106 valence electrons. The van der Waals surface area contributed by atoms with E-state index in [4.69, 9.17) is 0 Å². The van der Waals surface area contributed by atoms with Gasteiger partial charge in [0.25, 0.3) is 0 Å². The normalized spacial score (nSPS) is 18.9. The van der Waals surface area contributed by atoms with Crippen LogP contribution in [0.3, 0.4) is 0 Å². The largest absolute Gasteiger partial charge is 0.511 e. The number of nitrogens with zero attached hydrogens (tertiary/aromatic N) is 1. The van der Waals surface area contributed by atoms with E-state index in [0.29, 0.717) is 18.4 Å². The number of carbonyl (C=O) groups excluding carboxylic acids is 1. The third kappa shape index (κ3) is 3.16. The highest BCUT2D eigenvalue weighted by atomic mass is 16.3. The lowest BCUT2D eigenvalue weighted by molar-refractivity contribution is -0.117. The van der Waals surface area contributed by atoms with Gasteiger partial charge in [-0.3, -0.25) is 9.79 Å². The van der Waals surface area contributed by atoms with E-state index in [2.05, 4.69) is 4.99 Å². The van der Waals surface area contributed by atoms with Crippen molar-refractivity contribution in [1.82, 2.24) is 0 Å². The molecule has 1 aliphatic carbocycles. The number of benzene rings is 1. The van der Waals surface area contributed by atoms with Crippen LogP contribution in [0.15, 0.2) is 34.5 Å². The fraction of sp³-hybridized carbons (Fsp3) is 0.412. The molecule has 0 saturated carbocycles. The Hall–Kier alpha value is -1.90. The van der Waals surface area contributed by atoms with Crippen molar-refractivity contribution in [2.24, 2.45) is 10.4 Å². The lowest BCUT2D eigenvalue weighted by Gasteiger charge is -2.28. The first-order chi connectivity index (χ1) is 9.28. The van der Waals surface area contributed by atoms with Crippen LogP contribution in [0.1, 0.15) is 37.8 Å². The van der Waals surface area contributed by atoms with Crippen molar-refractivity contribution in [2.75, 3.05) is 0 Å². The first kappa shape index (κ1) is 14.5. The number of aliphatic hydroxyl groups excluding tert-OH is 1. The topological polar surface area (TPSA) is 49.7 Å². The second-order valence-electron chi connectivity index (χ2n) is 6.33. The highest BCUT2D eigenvalue weighted by Gasteiger charge is 2.32. The fourth-order valence-corrected chi connectivity index (χ4v) is 2.39. The number of carbonyl (C=O) groups is 1.